The first-order valence-electron chi connectivity index (χ1n) is 8.96. The first kappa shape index (κ1) is 19.9. The number of aromatic amines is 1. The van der Waals surface area contributed by atoms with Crippen LogP contribution in [0.25, 0.3) is 10.9 Å². The van der Waals surface area contributed by atoms with Crippen molar-refractivity contribution < 1.29 is 14.7 Å². The number of likely N-dealkylation sites (N-methyl/N-ethyl adjacent to an activating group) is 1. The van der Waals surface area contributed by atoms with E-state index in [9.17, 15) is 14.7 Å². The molecule has 3 atom stereocenters. The third kappa shape index (κ3) is 4.62. The number of carbonyl (C=O) groups excluding carboxylic acids is 1. The van der Waals surface area contributed by atoms with Crippen molar-refractivity contribution in [2.75, 3.05) is 13.6 Å². The smallest absolute Gasteiger partial charge is 0.326 e. The van der Waals surface area contributed by atoms with Crippen LogP contribution >= 0.6 is 0 Å². The number of para-hydroxylation sites is 1. The van der Waals surface area contributed by atoms with E-state index in [0.29, 0.717) is 19.4 Å². The van der Waals surface area contributed by atoms with Gasteiger partial charge in [-0.25, -0.2) is 4.79 Å². The Morgan fingerprint density at radius 1 is 1.27 bits per heavy atom. The second-order valence-electron chi connectivity index (χ2n) is 6.53. The Morgan fingerprint density at radius 2 is 2.00 bits per heavy atom. The second-order valence-corrected chi connectivity index (χ2v) is 6.53. The Morgan fingerprint density at radius 3 is 2.65 bits per heavy atom. The molecule has 0 saturated carbocycles. The topological polar surface area (TPSA) is 120 Å². The summed E-state index contributed by atoms with van der Waals surface area (Å²) in [6.45, 7) is 2.47. The molecule has 0 aliphatic carbocycles. The summed E-state index contributed by atoms with van der Waals surface area (Å²) in [6, 6.07) is 6.46. The molecule has 2 aromatic rings. The molecule has 26 heavy (non-hydrogen) atoms. The zero-order valence-corrected chi connectivity index (χ0v) is 15.3. The number of carboxylic acid groups (broad SMARTS) is 1. The van der Waals surface area contributed by atoms with Crippen molar-refractivity contribution >= 4 is 22.8 Å². The monoisotopic (exact) mass is 360 g/mol. The van der Waals surface area contributed by atoms with E-state index < -0.39 is 18.1 Å². The van der Waals surface area contributed by atoms with Gasteiger partial charge in [-0.3, -0.25) is 4.79 Å². The number of carbonyl (C=O) groups is 2. The summed E-state index contributed by atoms with van der Waals surface area (Å²) in [5.74, 6) is -1.47. The molecule has 0 radical (unpaired) electrons. The molecule has 0 aliphatic rings. The fourth-order valence-electron chi connectivity index (χ4n) is 3.27. The zero-order valence-electron chi connectivity index (χ0n) is 15.3. The number of amides is 1. The Hall–Kier alpha value is -2.38. The van der Waals surface area contributed by atoms with E-state index in [-0.39, 0.29) is 11.8 Å². The third-order valence-corrected chi connectivity index (χ3v) is 4.77. The van der Waals surface area contributed by atoms with Gasteiger partial charge in [-0.2, -0.15) is 0 Å². The Kier molecular flexibility index (Phi) is 7.17. The highest BCUT2D eigenvalue weighted by atomic mass is 16.4. The highest BCUT2D eigenvalue weighted by molar-refractivity contribution is 5.89. The molecule has 1 unspecified atom stereocenters. The van der Waals surface area contributed by atoms with Crippen LogP contribution in [-0.2, 0) is 9.59 Å². The average Bonchev–Trinajstić information content (AvgIpc) is 3.05. The van der Waals surface area contributed by atoms with E-state index >= 15 is 0 Å². The van der Waals surface area contributed by atoms with Crippen LogP contribution in [0.2, 0.25) is 0 Å². The first-order valence-corrected chi connectivity index (χ1v) is 8.96. The van der Waals surface area contributed by atoms with Crippen LogP contribution in [-0.4, -0.2) is 47.6 Å². The highest BCUT2D eigenvalue weighted by Crippen LogP contribution is 2.27. The van der Waals surface area contributed by atoms with E-state index in [4.69, 9.17) is 5.73 Å². The van der Waals surface area contributed by atoms with Gasteiger partial charge in [-0.1, -0.05) is 25.1 Å². The number of H-pyrrole nitrogens is 1. The van der Waals surface area contributed by atoms with Crippen molar-refractivity contribution in [3.8, 4) is 0 Å². The summed E-state index contributed by atoms with van der Waals surface area (Å²) in [6.07, 6.45) is 3.68. The molecule has 0 aliphatic heterocycles. The number of aliphatic carboxylic acids is 1. The largest absolute Gasteiger partial charge is 0.480 e. The molecule has 1 aromatic heterocycles. The van der Waals surface area contributed by atoms with E-state index in [1.165, 1.54) is 0 Å². The normalized spacial score (nSPS) is 14.7. The summed E-state index contributed by atoms with van der Waals surface area (Å²) in [4.78, 5) is 27.4. The Balaban J connectivity index is 2.12. The molecule has 0 bridgehead atoms. The lowest BCUT2D eigenvalue weighted by Gasteiger charge is -2.25. The van der Waals surface area contributed by atoms with Crippen molar-refractivity contribution in [2.45, 2.75) is 44.2 Å². The summed E-state index contributed by atoms with van der Waals surface area (Å²) >= 11 is 0. The Labute approximate surface area is 153 Å². The molecule has 2 rings (SSSR count). The highest BCUT2D eigenvalue weighted by Gasteiger charge is 2.29. The molecule has 1 aromatic carbocycles. The molecular formula is C19H28N4O3. The zero-order chi connectivity index (χ0) is 19.1. The number of hydrogen-bond donors (Lipinski definition) is 5. The fraction of sp³-hybridized carbons (Fsp3) is 0.474. The summed E-state index contributed by atoms with van der Waals surface area (Å²) in [7, 11) is 1.71. The van der Waals surface area contributed by atoms with E-state index in [2.05, 4.69) is 15.6 Å². The summed E-state index contributed by atoms with van der Waals surface area (Å²) < 4.78 is 0. The van der Waals surface area contributed by atoms with Crippen LogP contribution in [0, 0.1) is 0 Å². The molecule has 7 nitrogen and oxygen atoms in total. The van der Waals surface area contributed by atoms with Gasteiger partial charge in [0.25, 0.3) is 0 Å². The van der Waals surface area contributed by atoms with E-state index in [1.807, 2.05) is 37.4 Å². The minimum absolute atomic E-state index is 0.130. The number of hydrogen-bond acceptors (Lipinski definition) is 4. The van der Waals surface area contributed by atoms with Crippen molar-refractivity contribution in [3.63, 3.8) is 0 Å². The van der Waals surface area contributed by atoms with Crippen LogP contribution in [0.3, 0.4) is 0 Å². The van der Waals surface area contributed by atoms with Gasteiger partial charge in [0.05, 0.1) is 6.04 Å². The molecule has 142 valence electrons. The predicted octanol–water partition coefficient (Wildman–Crippen LogP) is 1.56. The lowest BCUT2D eigenvalue weighted by atomic mass is 9.92. The van der Waals surface area contributed by atoms with Gasteiger partial charge < -0.3 is 26.5 Å². The molecule has 1 heterocycles. The van der Waals surface area contributed by atoms with Gasteiger partial charge in [-0.15, -0.1) is 0 Å². The molecule has 0 spiro atoms. The number of nitrogens with one attached hydrogen (secondary N) is 3. The quantitative estimate of drug-likeness (QED) is 0.412. The molecule has 0 fully saturated rings. The van der Waals surface area contributed by atoms with Crippen molar-refractivity contribution in [2.24, 2.45) is 5.73 Å². The number of fused-ring (bicyclic) bond motifs is 1. The minimum atomic E-state index is -1.02. The number of aromatic nitrogens is 1. The SMILES string of the molecule is CN[C@@H](C(=O)N[C@@H](CCCCN)C(=O)O)C(C)c1c[nH]c2ccccc12. The maximum Gasteiger partial charge on any atom is 0.326 e. The summed E-state index contributed by atoms with van der Waals surface area (Å²) in [5, 5.41) is 16.1. The van der Waals surface area contributed by atoms with Gasteiger partial charge in [0.1, 0.15) is 6.04 Å². The maximum absolute atomic E-state index is 12.7. The molecule has 0 saturated heterocycles. The minimum Gasteiger partial charge on any atom is -0.480 e. The van der Waals surface area contributed by atoms with Crippen LogP contribution in [0.15, 0.2) is 30.5 Å². The van der Waals surface area contributed by atoms with Crippen LogP contribution in [0.5, 0.6) is 0 Å². The van der Waals surface area contributed by atoms with Gasteiger partial charge >= 0.3 is 5.97 Å². The van der Waals surface area contributed by atoms with Crippen LogP contribution in [0.4, 0.5) is 0 Å². The lowest BCUT2D eigenvalue weighted by Crippen LogP contribution is -2.51. The van der Waals surface area contributed by atoms with Crippen LogP contribution in [0.1, 0.15) is 37.7 Å². The molecule has 6 N–H and O–H groups in total. The molecule has 7 heteroatoms. The number of unbranched alkanes of at least 4 members (excludes halogenated alkanes) is 1. The van der Waals surface area contributed by atoms with E-state index in [0.717, 1.165) is 22.9 Å². The summed E-state index contributed by atoms with van der Waals surface area (Å²) in [5.41, 5.74) is 7.48. The maximum atomic E-state index is 12.7. The van der Waals surface area contributed by atoms with Crippen molar-refractivity contribution in [3.05, 3.63) is 36.0 Å². The third-order valence-electron chi connectivity index (χ3n) is 4.77. The average molecular weight is 360 g/mol. The molecule has 1 amide bonds. The van der Waals surface area contributed by atoms with Crippen molar-refractivity contribution in [1.82, 2.24) is 15.6 Å². The fourth-order valence-corrected chi connectivity index (χ4v) is 3.27. The number of carboxylic acids is 1. The van der Waals surface area contributed by atoms with Gasteiger partial charge in [0.2, 0.25) is 5.91 Å². The Bertz CT molecular complexity index is 743. The van der Waals surface area contributed by atoms with Crippen molar-refractivity contribution in [1.29, 1.82) is 0 Å². The number of nitrogens with two attached hydrogens (primary N) is 1. The van der Waals surface area contributed by atoms with Gasteiger partial charge in [0, 0.05) is 23.0 Å². The second kappa shape index (κ2) is 9.35. The lowest BCUT2D eigenvalue weighted by molar-refractivity contribution is -0.142. The van der Waals surface area contributed by atoms with Gasteiger partial charge in [-0.05, 0) is 44.5 Å². The first-order chi connectivity index (χ1) is 12.5. The predicted molar refractivity (Wildman–Crippen MR) is 102 cm³/mol. The van der Waals surface area contributed by atoms with E-state index in [1.54, 1.807) is 7.05 Å². The number of rotatable bonds is 10. The number of benzene rings is 1. The van der Waals surface area contributed by atoms with Gasteiger partial charge in [0.15, 0.2) is 0 Å². The van der Waals surface area contributed by atoms with Crippen LogP contribution < -0.4 is 16.4 Å². The molecular weight excluding hydrogens is 332 g/mol. The standard InChI is InChI=1S/C19H28N4O3/c1-12(14-11-22-15-8-4-3-7-13(14)15)17(21-2)18(24)23-16(19(25)26)9-5-6-10-20/h3-4,7-8,11-12,16-17,21-22H,5-6,9-10,20H2,1-2H3,(H,23,24)(H,25,26)/t12?,16-,17+/m0/s1.